The van der Waals surface area contributed by atoms with Crippen molar-refractivity contribution in [2.45, 2.75) is 6.92 Å². The van der Waals surface area contributed by atoms with Crippen molar-refractivity contribution in [3.63, 3.8) is 0 Å². The maximum absolute atomic E-state index is 11.3. The maximum atomic E-state index is 11.3. The zero-order chi connectivity index (χ0) is 11.3. The van der Waals surface area contributed by atoms with E-state index >= 15 is 0 Å². The van der Waals surface area contributed by atoms with Crippen LogP contribution in [0.15, 0.2) is 16.2 Å². The molecule has 1 heterocycles. The Bertz CT molecular complexity index is 409. The molecule has 0 bridgehead atoms. The monoisotopic (exact) mass is 230 g/mol. The minimum absolute atomic E-state index is 0.239. The average molecular weight is 230 g/mol. The highest BCUT2D eigenvalue weighted by atomic mass is 32.1. The fourth-order valence-electron chi connectivity index (χ4n) is 0.849. The van der Waals surface area contributed by atoms with Gasteiger partial charge < -0.3 is 10.1 Å². The van der Waals surface area contributed by atoms with Gasteiger partial charge in [-0.15, -0.1) is 0 Å². The predicted molar refractivity (Wildman–Crippen MR) is 54.0 cm³/mol. The van der Waals surface area contributed by atoms with Crippen molar-refractivity contribution in [3.05, 3.63) is 21.8 Å². The molecule has 1 rings (SSSR count). The highest BCUT2D eigenvalue weighted by Gasteiger charge is 2.09. The van der Waals surface area contributed by atoms with Crippen molar-refractivity contribution < 1.29 is 14.3 Å². The van der Waals surface area contributed by atoms with Gasteiger partial charge in [0.1, 0.15) is 6.54 Å². The van der Waals surface area contributed by atoms with Gasteiger partial charge in [0.05, 0.1) is 6.61 Å². The van der Waals surface area contributed by atoms with E-state index in [1.54, 1.807) is 6.92 Å². The Morgan fingerprint density at radius 3 is 2.87 bits per heavy atom. The molecule has 0 spiro atoms. The van der Waals surface area contributed by atoms with Gasteiger partial charge in [-0.05, 0) is 6.92 Å². The number of aromatic nitrogens is 1. The van der Waals surface area contributed by atoms with Crippen LogP contribution < -0.4 is 10.9 Å². The van der Waals surface area contributed by atoms with Crippen molar-refractivity contribution in [1.82, 2.24) is 9.27 Å². The standard InChI is InChI=1S/C8H10N2O4S/c1-2-14-7(12)5-9-8(13)10-6(11)3-4-15-10/h3-4H,2,5H2,1H3,(H,9,13). The first-order chi connectivity index (χ1) is 7.15. The van der Waals surface area contributed by atoms with E-state index in [9.17, 15) is 14.4 Å². The normalized spacial score (nSPS) is 9.67. The fraction of sp³-hybridized carbons (Fsp3) is 0.375. The van der Waals surface area contributed by atoms with Crippen LogP contribution in [-0.4, -0.2) is 29.1 Å². The number of carbonyl (C=O) groups excluding carboxylic acids is 2. The molecule has 0 aromatic carbocycles. The summed E-state index contributed by atoms with van der Waals surface area (Å²) in [4.78, 5) is 33.2. The number of nitrogens with zero attached hydrogens (tertiary/aromatic N) is 1. The molecule has 0 unspecified atom stereocenters. The highest BCUT2D eigenvalue weighted by Crippen LogP contribution is 1.91. The molecule has 7 heteroatoms. The third kappa shape index (κ3) is 3.21. The van der Waals surface area contributed by atoms with E-state index in [-0.39, 0.29) is 13.2 Å². The zero-order valence-corrected chi connectivity index (χ0v) is 8.87. The van der Waals surface area contributed by atoms with Crippen LogP contribution in [0.4, 0.5) is 4.79 Å². The van der Waals surface area contributed by atoms with Crippen LogP contribution in [0, 0.1) is 0 Å². The molecule has 0 saturated heterocycles. The molecule has 1 amide bonds. The number of nitrogens with one attached hydrogen (secondary N) is 1. The van der Waals surface area contributed by atoms with Crippen molar-refractivity contribution in [2.75, 3.05) is 13.2 Å². The molecule has 15 heavy (non-hydrogen) atoms. The number of hydrogen-bond donors (Lipinski definition) is 1. The summed E-state index contributed by atoms with van der Waals surface area (Å²) < 4.78 is 5.52. The van der Waals surface area contributed by atoms with Crippen LogP contribution in [0.2, 0.25) is 0 Å². The number of rotatable bonds is 3. The van der Waals surface area contributed by atoms with E-state index in [2.05, 4.69) is 10.1 Å². The minimum atomic E-state index is -0.622. The van der Waals surface area contributed by atoms with Gasteiger partial charge in [-0.25, -0.2) is 4.79 Å². The summed E-state index contributed by atoms with van der Waals surface area (Å²) in [5.41, 5.74) is -0.415. The van der Waals surface area contributed by atoms with Gasteiger partial charge in [-0.1, -0.05) is 11.5 Å². The molecule has 0 radical (unpaired) electrons. The molecule has 0 aliphatic carbocycles. The molecule has 0 atom stereocenters. The van der Waals surface area contributed by atoms with E-state index in [0.717, 1.165) is 15.5 Å². The quantitative estimate of drug-likeness (QED) is 0.743. The van der Waals surface area contributed by atoms with Crippen molar-refractivity contribution in [3.8, 4) is 0 Å². The minimum Gasteiger partial charge on any atom is -0.465 e. The molecule has 1 aromatic heterocycles. The lowest BCUT2D eigenvalue weighted by molar-refractivity contribution is -0.141. The molecule has 0 saturated carbocycles. The number of amides is 1. The van der Waals surface area contributed by atoms with E-state index in [1.807, 2.05) is 0 Å². The summed E-state index contributed by atoms with van der Waals surface area (Å²) >= 11 is 0.963. The van der Waals surface area contributed by atoms with Crippen LogP contribution in [0.3, 0.4) is 0 Å². The Morgan fingerprint density at radius 1 is 1.60 bits per heavy atom. The first-order valence-corrected chi connectivity index (χ1v) is 5.09. The summed E-state index contributed by atoms with van der Waals surface area (Å²) in [5, 5.41) is 3.76. The first-order valence-electron chi connectivity index (χ1n) is 4.26. The lowest BCUT2D eigenvalue weighted by Crippen LogP contribution is -2.36. The van der Waals surface area contributed by atoms with Gasteiger partial charge in [0, 0.05) is 11.4 Å². The smallest absolute Gasteiger partial charge is 0.338 e. The van der Waals surface area contributed by atoms with Gasteiger partial charge >= 0.3 is 12.0 Å². The van der Waals surface area contributed by atoms with Gasteiger partial charge in [-0.2, -0.15) is 3.96 Å². The molecule has 82 valence electrons. The van der Waals surface area contributed by atoms with Crippen molar-refractivity contribution >= 4 is 23.5 Å². The zero-order valence-electron chi connectivity index (χ0n) is 8.06. The van der Waals surface area contributed by atoms with Crippen LogP contribution in [-0.2, 0) is 9.53 Å². The lowest BCUT2D eigenvalue weighted by Gasteiger charge is -2.03. The lowest BCUT2D eigenvalue weighted by atomic mass is 10.6. The Morgan fingerprint density at radius 2 is 2.33 bits per heavy atom. The van der Waals surface area contributed by atoms with E-state index in [0.29, 0.717) is 0 Å². The van der Waals surface area contributed by atoms with E-state index < -0.39 is 17.6 Å². The first kappa shape index (κ1) is 11.4. The Hall–Kier alpha value is -1.63. The summed E-state index contributed by atoms with van der Waals surface area (Å²) in [7, 11) is 0. The van der Waals surface area contributed by atoms with Crippen LogP contribution >= 0.6 is 11.5 Å². The molecule has 1 aromatic rings. The SMILES string of the molecule is CCOC(=O)CNC(=O)n1sccc1=O. The fourth-order valence-corrected chi connectivity index (χ4v) is 1.47. The molecular formula is C8H10N2O4S. The van der Waals surface area contributed by atoms with Crippen molar-refractivity contribution in [2.24, 2.45) is 0 Å². The predicted octanol–water partition coefficient (Wildman–Crippen LogP) is 0.0306. The molecule has 1 N–H and O–H groups in total. The van der Waals surface area contributed by atoms with Gasteiger partial charge in [0.2, 0.25) is 0 Å². The van der Waals surface area contributed by atoms with Gasteiger partial charge in [0.15, 0.2) is 0 Å². The Balaban J connectivity index is 2.47. The Labute approximate surface area is 89.6 Å². The third-order valence-electron chi connectivity index (χ3n) is 1.45. The number of hydrogen-bond acceptors (Lipinski definition) is 5. The second-order valence-electron chi connectivity index (χ2n) is 2.50. The van der Waals surface area contributed by atoms with Gasteiger partial charge in [0.25, 0.3) is 5.56 Å². The maximum Gasteiger partial charge on any atom is 0.338 e. The average Bonchev–Trinajstić information content (AvgIpc) is 2.61. The second-order valence-corrected chi connectivity index (χ2v) is 3.35. The molecular weight excluding hydrogens is 220 g/mol. The van der Waals surface area contributed by atoms with Crippen LogP contribution in [0.25, 0.3) is 0 Å². The second kappa shape index (κ2) is 5.30. The summed E-state index contributed by atoms with van der Waals surface area (Å²) in [6.45, 7) is 1.69. The van der Waals surface area contributed by atoms with Crippen molar-refractivity contribution in [1.29, 1.82) is 0 Å². The van der Waals surface area contributed by atoms with E-state index in [4.69, 9.17) is 0 Å². The molecule has 6 nitrogen and oxygen atoms in total. The number of ether oxygens (including phenoxy) is 1. The number of esters is 1. The highest BCUT2D eigenvalue weighted by molar-refractivity contribution is 7.05. The number of carbonyl (C=O) groups is 2. The summed E-state index contributed by atoms with van der Waals surface area (Å²) in [5.74, 6) is -0.532. The molecule has 0 aliphatic rings. The van der Waals surface area contributed by atoms with Crippen LogP contribution in [0.1, 0.15) is 6.92 Å². The topological polar surface area (TPSA) is 77.4 Å². The summed E-state index contributed by atoms with van der Waals surface area (Å²) in [6.07, 6.45) is 0. The van der Waals surface area contributed by atoms with E-state index in [1.165, 1.54) is 11.4 Å². The molecule has 0 aliphatic heterocycles. The summed E-state index contributed by atoms with van der Waals surface area (Å²) in [6, 6.07) is 0.650. The van der Waals surface area contributed by atoms with Gasteiger partial charge in [-0.3, -0.25) is 9.59 Å². The van der Waals surface area contributed by atoms with Crippen LogP contribution in [0.5, 0.6) is 0 Å². The third-order valence-corrected chi connectivity index (χ3v) is 2.27. The largest absolute Gasteiger partial charge is 0.465 e. The molecule has 0 fully saturated rings. The Kier molecular flexibility index (Phi) is 4.04.